The molecule has 0 aromatic rings. The summed E-state index contributed by atoms with van der Waals surface area (Å²) in [5.41, 5.74) is 3.30. The third-order valence-corrected chi connectivity index (χ3v) is 1.95. The molecule has 0 rings (SSSR count). The molecule has 9 nitrogen and oxygen atoms in total. The Morgan fingerprint density at radius 1 is 1.11 bits per heavy atom. The summed E-state index contributed by atoms with van der Waals surface area (Å²) in [5.74, 6) is -3.62. The predicted octanol–water partition coefficient (Wildman–Crippen LogP) is -3.22. The third-order valence-electron chi connectivity index (χ3n) is 1.95. The van der Waals surface area contributed by atoms with Gasteiger partial charge in [0.2, 0.25) is 5.91 Å². The molecule has 0 bridgehead atoms. The van der Waals surface area contributed by atoms with Gasteiger partial charge >= 0.3 is 11.9 Å². The minimum atomic E-state index is -1.33. The van der Waals surface area contributed by atoms with Crippen molar-refractivity contribution in [3.05, 3.63) is 0 Å². The highest BCUT2D eigenvalue weighted by Crippen LogP contribution is 1.97. The summed E-state index contributed by atoms with van der Waals surface area (Å²) in [4.78, 5) is 43.1. The molecule has 0 aromatic heterocycles. The van der Waals surface area contributed by atoms with Crippen molar-refractivity contribution in [2.24, 2.45) is 0 Å². The number of hydrogen-bond acceptors (Lipinski definition) is 4. The van der Waals surface area contributed by atoms with Gasteiger partial charge in [-0.3, -0.25) is 14.4 Å². The molecule has 2 amide bonds. The molecule has 0 spiro atoms. The largest absolute Gasteiger partial charge is 0.481 e. The zero-order valence-corrected chi connectivity index (χ0v) is 9.64. The van der Waals surface area contributed by atoms with Crippen molar-refractivity contribution < 1.29 is 35.1 Å². The van der Waals surface area contributed by atoms with Crippen LogP contribution in [0, 0.1) is 0 Å². The van der Waals surface area contributed by atoms with E-state index in [-0.39, 0.29) is 25.9 Å². The quantitative estimate of drug-likeness (QED) is 0.309. The first kappa shape index (κ1) is 15.8. The van der Waals surface area contributed by atoms with Gasteiger partial charge in [0.1, 0.15) is 6.04 Å². The monoisotopic (exact) mass is 262 g/mol. The van der Waals surface area contributed by atoms with E-state index in [0.717, 1.165) is 0 Å². The molecule has 0 aliphatic rings. The average Bonchev–Trinajstić information content (AvgIpc) is 2.30. The molecule has 9 heteroatoms. The number of quaternary nitrogens is 1. The highest BCUT2D eigenvalue weighted by molar-refractivity contribution is 5.88. The van der Waals surface area contributed by atoms with E-state index >= 15 is 0 Å². The first-order chi connectivity index (χ1) is 8.36. The summed E-state index contributed by atoms with van der Waals surface area (Å²) in [6.07, 6.45) is -0.595. The van der Waals surface area contributed by atoms with Gasteiger partial charge in [0.25, 0.3) is 5.91 Å². The molecule has 7 N–H and O–H groups in total. The van der Waals surface area contributed by atoms with E-state index in [1.165, 1.54) is 0 Å². The number of aliphatic carboxylic acids is 2. The Morgan fingerprint density at radius 3 is 2.17 bits per heavy atom. The van der Waals surface area contributed by atoms with Crippen molar-refractivity contribution in [2.45, 2.75) is 18.9 Å². The fourth-order valence-corrected chi connectivity index (χ4v) is 1.04. The maximum Gasteiger partial charge on any atom is 0.326 e. The SMILES string of the molecule is [NH3+]CC(=O)NCC(=O)NC(CCC(=O)O)C(=O)O. The molecule has 0 fully saturated rings. The lowest BCUT2D eigenvalue weighted by molar-refractivity contribution is -0.355. The Morgan fingerprint density at radius 2 is 1.72 bits per heavy atom. The molecule has 0 heterocycles. The van der Waals surface area contributed by atoms with Crippen LogP contribution in [0.25, 0.3) is 0 Å². The Kier molecular flexibility index (Phi) is 7.05. The second kappa shape index (κ2) is 8.01. The van der Waals surface area contributed by atoms with Crippen LogP contribution >= 0.6 is 0 Å². The van der Waals surface area contributed by atoms with Gasteiger partial charge in [-0.1, -0.05) is 0 Å². The van der Waals surface area contributed by atoms with Gasteiger partial charge in [0.15, 0.2) is 6.54 Å². The van der Waals surface area contributed by atoms with Crippen LogP contribution in [0.15, 0.2) is 0 Å². The molecular formula is C9H16N3O6+. The summed E-state index contributed by atoms with van der Waals surface area (Å²) in [6, 6.07) is -1.29. The summed E-state index contributed by atoms with van der Waals surface area (Å²) in [5, 5.41) is 21.5. The van der Waals surface area contributed by atoms with Crippen LogP contribution < -0.4 is 16.4 Å². The van der Waals surface area contributed by atoms with Crippen LogP contribution in [-0.2, 0) is 19.2 Å². The van der Waals surface area contributed by atoms with Gasteiger partial charge in [-0.25, -0.2) is 4.79 Å². The molecule has 0 aromatic carbocycles. The number of carboxylic acids is 2. The number of rotatable bonds is 8. The number of amides is 2. The Labute approximate surface area is 102 Å². The van der Waals surface area contributed by atoms with E-state index in [0.29, 0.717) is 0 Å². The second-order valence-corrected chi connectivity index (χ2v) is 3.42. The van der Waals surface area contributed by atoms with E-state index in [1.54, 1.807) is 0 Å². The van der Waals surface area contributed by atoms with Crippen molar-refractivity contribution in [1.29, 1.82) is 0 Å². The van der Waals surface area contributed by atoms with Crippen LogP contribution in [0.5, 0.6) is 0 Å². The predicted molar refractivity (Wildman–Crippen MR) is 57.2 cm³/mol. The Balaban J connectivity index is 4.15. The molecule has 0 aliphatic heterocycles. The maximum atomic E-state index is 11.3. The zero-order chi connectivity index (χ0) is 14.1. The highest BCUT2D eigenvalue weighted by Gasteiger charge is 2.20. The normalized spacial score (nSPS) is 11.4. The maximum absolute atomic E-state index is 11.3. The van der Waals surface area contributed by atoms with E-state index in [4.69, 9.17) is 10.2 Å². The molecular weight excluding hydrogens is 246 g/mol. The molecule has 1 atom stereocenters. The van der Waals surface area contributed by atoms with Gasteiger partial charge in [0.05, 0.1) is 6.54 Å². The van der Waals surface area contributed by atoms with Crippen LogP contribution in [0.4, 0.5) is 0 Å². The molecule has 0 saturated carbocycles. The van der Waals surface area contributed by atoms with Gasteiger partial charge in [-0.2, -0.15) is 0 Å². The average molecular weight is 262 g/mol. The van der Waals surface area contributed by atoms with Crippen LogP contribution in [0.3, 0.4) is 0 Å². The van der Waals surface area contributed by atoms with E-state index in [9.17, 15) is 19.2 Å². The van der Waals surface area contributed by atoms with Crippen LogP contribution in [0.1, 0.15) is 12.8 Å². The number of carbonyl (C=O) groups excluding carboxylic acids is 2. The smallest absolute Gasteiger partial charge is 0.326 e. The molecule has 18 heavy (non-hydrogen) atoms. The van der Waals surface area contributed by atoms with Gasteiger partial charge in [-0.15, -0.1) is 0 Å². The Bertz CT molecular complexity index is 343. The molecule has 0 radical (unpaired) electrons. The lowest BCUT2D eigenvalue weighted by Gasteiger charge is -2.13. The van der Waals surface area contributed by atoms with Crippen molar-refractivity contribution in [2.75, 3.05) is 13.1 Å². The van der Waals surface area contributed by atoms with E-state index in [1.807, 2.05) is 0 Å². The topological polar surface area (TPSA) is 160 Å². The van der Waals surface area contributed by atoms with Crippen molar-refractivity contribution >= 4 is 23.8 Å². The van der Waals surface area contributed by atoms with Crippen LogP contribution in [0.2, 0.25) is 0 Å². The van der Waals surface area contributed by atoms with E-state index in [2.05, 4.69) is 16.4 Å². The van der Waals surface area contributed by atoms with Gasteiger partial charge in [-0.05, 0) is 6.42 Å². The minimum absolute atomic E-state index is 0.0331. The molecule has 0 aliphatic carbocycles. The number of carbonyl (C=O) groups is 4. The molecule has 102 valence electrons. The lowest BCUT2D eigenvalue weighted by atomic mass is 10.1. The zero-order valence-electron chi connectivity index (χ0n) is 9.64. The van der Waals surface area contributed by atoms with Crippen molar-refractivity contribution in [1.82, 2.24) is 10.6 Å². The van der Waals surface area contributed by atoms with Gasteiger partial charge in [0, 0.05) is 6.42 Å². The summed E-state index contributed by atoms with van der Waals surface area (Å²) in [6.45, 7) is -0.403. The summed E-state index contributed by atoms with van der Waals surface area (Å²) >= 11 is 0. The second-order valence-electron chi connectivity index (χ2n) is 3.42. The molecule has 1 unspecified atom stereocenters. The van der Waals surface area contributed by atoms with E-state index < -0.39 is 29.8 Å². The van der Waals surface area contributed by atoms with Crippen LogP contribution in [-0.4, -0.2) is 53.1 Å². The van der Waals surface area contributed by atoms with Crippen molar-refractivity contribution in [3.8, 4) is 0 Å². The first-order valence-corrected chi connectivity index (χ1v) is 5.16. The summed E-state index contributed by atoms with van der Waals surface area (Å²) in [7, 11) is 0. The van der Waals surface area contributed by atoms with Crippen molar-refractivity contribution in [3.63, 3.8) is 0 Å². The number of nitrogens with one attached hydrogen (secondary N) is 2. The fraction of sp³-hybridized carbons (Fsp3) is 0.556. The third kappa shape index (κ3) is 7.17. The fourth-order valence-electron chi connectivity index (χ4n) is 1.04. The number of hydrogen-bond donors (Lipinski definition) is 5. The number of carboxylic acid groups (broad SMARTS) is 2. The highest BCUT2D eigenvalue weighted by atomic mass is 16.4. The standard InChI is InChI=1S/C9H15N3O6/c10-3-6(13)11-4-7(14)12-5(9(17)18)1-2-8(15)16/h5H,1-4,10H2,(H,11,13)(H,12,14)(H,15,16)(H,17,18)/p+1. The first-order valence-electron chi connectivity index (χ1n) is 5.16. The minimum Gasteiger partial charge on any atom is -0.481 e. The van der Waals surface area contributed by atoms with Gasteiger partial charge < -0.3 is 26.6 Å². The lowest BCUT2D eigenvalue weighted by Crippen LogP contribution is -2.58. The molecule has 0 saturated heterocycles. The summed E-state index contributed by atoms with van der Waals surface area (Å²) < 4.78 is 0. The Hall–Kier alpha value is -2.16.